The molecule has 1 aliphatic rings. The molecule has 1 rings (SSSR count). The summed E-state index contributed by atoms with van der Waals surface area (Å²) in [6.07, 6.45) is 1.36. The van der Waals surface area contributed by atoms with Crippen LogP contribution in [0.4, 0.5) is 0 Å². The maximum atomic E-state index is 11.6. The summed E-state index contributed by atoms with van der Waals surface area (Å²) < 4.78 is 11.1. The fourth-order valence-electron chi connectivity index (χ4n) is 3.12. The third-order valence-corrected chi connectivity index (χ3v) is 4.76. The molecule has 0 aromatic rings. The quantitative estimate of drug-likeness (QED) is 0.726. The maximum Gasteiger partial charge on any atom is 0.335 e. The molecular formula is C17H32O3. The molecule has 1 heterocycles. The highest BCUT2D eigenvalue weighted by Gasteiger charge is 2.46. The standard InChI is InChI=1S/C17H32O3/c1-12(20-13-9-10-19-14(13)18)17(8,16(5,6)7)11-15(2,3)4/h12-13H,9-11H2,1-8H3. The van der Waals surface area contributed by atoms with Gasteiger partial charge >= 0.3 is 5.97 Å². The van der Waals surface area contributed by atoms with E-state index in [2.05, 4.69) is 55.4 Å². The van der Waals surface area contributed by atoms with E-state index in [1.165, 1.54) is 0 Å². The Kier molecular flexibility index (Phi) is 4.95. The summed E-state index contributed by atoms with van der Waals surface area (Å²) >= 11 is 0. The van der Waals surface area contributed by atoms with Crippen LogP contribution in [0.1, 0.15) is 68.2 Å². The Bertz CT molecular complexity index is 348. The summed E-state index contributed by atoms with van der Waals surface area (Å²) in [5, 5.41) is 0. The van der Waals surface area contributed by atoms with Crippen LogP contribution in [0.3, 0.4) is 0 Å². The maximum absolute atomic E-state index is 11.6. The van der Waals surface area contributed by atoms with Gasteiger partial charge in [-0.2, -0.15) is 0 Å². The van der Waals surface area contributed by atoms with Crippen molar-refractivity contribution in [2.24, 2.45) is 16.2 Å². The Hall–Kier alpha value is -0.570. The summed E-state index contributed by atoms with van der Waals surface area (Å²) in [6.45, 7) is 18.4. The van der Waals surface area contributed by atoms with Gasteiger partial charge in [-0.05, 0) is 29.6 Å². The smallest absolute Gasteiger partial charge is 0.335 e. The Morgan fingerprint density at radius 3 is 2.10 bits per heavy atom. The zero-order valence-corrected chi connectivity index (χ0v) is 14.5. The van der Waals surface area contributed by atoms with Crippen LogP contribution in [0.5, 0.6) is 0 Å². The van der Waals surface area contributed by atoms with Gasteiger partial charge < -0.3 is 9.47 Å². The Morgan fingerprint density at radius 1 is 1.20 bits per heavy atom. The largest absolute Gasteiger partial charge is 0.464 e. The lowest BCUT2D eigenvalue weighted by atomic mass is 9.59. The first kappa shape index (κ1) is 17.5. The van der Waals surface area contributed by atoms with E-state index in [1.807, 2.05) is 0 Å². The van der Waals surface area contributed by atoms with Crippen LogP contribution in [0.15, 0.2) is 0 Å². The fraction of sp³-hybridized carbons (Fsp3) is 0.941. The summed E-state index contributed by atoms with van der Waals surface area (Å²) in [7, 11) is 0. The van der Waals surface area contributed by atoms with Crippen molar-refractivity contribution >= 4 is 5.97 Å². The van der Waals surface area contributed by atoms with Crippen LogP contribution in [-0.4, -0.2) is 24.8 Å². The molecule has 0 spiro atoms. The summed E-state index contributed by atoms with van der Waals surface area (Å²) in [5.74, 6) is -0.205. The highest BCUT2D eigenvalue weighted by Crippen LogP contribution is 2.50. The van der Waals surface area contributed by atoms with Gasteiger partial charge in [-0.15, -0.1) is 0 Å². The van der Waals surface area contributed by atoms with Gasteiger partial charge in [0.2, 0.25) is 0 Å². The second-order valence-corrected chi connectivity index (χ2v) is 8.63. The molecule has 20 heavy (non-hydrogen) atoms. The van der Waals surface area contributed by atoms with Crippen molar-refractivity contribution in [2.75, 3.05) is 6.61 Å². The molecule has 3 unspecified atom stereocenters. The minimum Gasteiger partial charge on any atom is -0.464 e. The van der Waals surface area contributed by atoms with Crippen LogP contribution in [0.2, 0.25) is 0 Å². The number of hydrogen-bond acceptors (Lipinski definition) is 3. The highest BCUT2D eigenvalue weighted by molar-refractivity contribution is 5.76. The molecule has 1 fully saturated rings. The minimum absolute atomic E-state index is 0.00583. The Balaban J connectivity index is 2.90. The van der Waals surface area contributed by atoms with Crippen molar-refractivity contribution < 1.29 is 14.3 Å². The van der Waals surface area contributed by atoms with Gasteiger partial charge in [0, 0.05) is 6.42 Å². The Labute approximate surface area is 124 Å². The molecule has 0 amide bonds. The average molecular weight is 284 g/mol. The summed E-state index contributed by atoms with van der Waals surface area (Å²) in [4.78, 5) is 11.6. The third-order valence-electron chi connectivity index (χ3n) is 4.76. The van der Waals surface area contributed by atoms with E-state index in [4.69, 9.17) is 9.47 Å². The van der Waals surface area contributed by atoms with E-state index < -0.39 is 0 Å². The molecule has 0 radical (unpaired) electrons. The predicted molar refractivity (Wildman–Crippen MR) is 81.5 cm³/mol. The van der Waals surface area contributed by atoms with Crippen LogP contribution in [0.25, 0.3) is 0 Å². The number of esters is 1. The topological polar surface area (TPSA) is 35.5 Å². The number of carbonyl (C=O) groups excluding carboxylic acids is 1. The number of carbonyl (C=O) groups is 1. The molecule has 0 aromatic heterocycles. The number of rotatable bonds is 4. The number of cyclic esters (lactones) is 1. The van der Waals surface area contributed by atoms with Crippen molar-refractivity contribution in [3.8, 4) is 0 Å². The molecular weight excluding hydrogens is 252 g/mol. The van der Waals surface area contributed by atoms with Crippen LogP contribution < -0.4 is 0 Å². The van der Waals surface area contributed by atoms with E-state index in [1.54, 1.807) is 0 Å². The van der Waals surface area contributed by atoms with Crippen molar-refractivity contribution in [1.29, 1.82) is 0 Å². The van der Waals surface area contributed by atoms with E-state index in [0.29, 0.717) is 13.0 Å². The lowest BCUT2D eigenvalue weighted by molar-refractivity contribution is -0.160. The van der Waals surface area contributed by atoms with E-state index in [-0.39, 0.29) is 34.4 Å². The van der Waals surface area contributed by atoms with Crippen LogP contribution in [0, 0.1) is 16.2 Å². The minimum atomic E-state index is -0.383. The molecule has 118 valence electrons. The molecule has 1 aliphatic heterocycles. The van der Waals surface area contributed by atoms with Gasteiger partial charge in [-0.1, -0.05) is 48.5 Å². The lowest BCUT2D eigenvalue weighted by Crippen LogP contribution is -2.47. The molecule has 3 atom stereocenters. The molecule has 0 aliphatic carbocycles. The van der Waals surface area contributed by atoms with Gasteiger partial charge in [0.1, 0.15) is 0 Å². The lowest BCUT2D eigenvalue weighted by Gasteiger charge is -2.49. The van der Waals surface area contributed by atoms with Crippen molar-refractivity contribution in [1.82, 2.24) is 0 Å². The van der Waals surface area contributed by atoms with Crippen molar-refractivity contribution in [3.05, 3.63) is 0 Å². The summed E-state index contributed by atoms with van der Waals surface area (Å²) in [6, 6.07) is 0. The zero-order chi connectivity index (χ0) is 15.8. The predicted octanol–water partition coefficient (Wildman–Crippen LogP) is 4.20. The summed E-state index contributed by atoms with van der Waals surface area (Å²) in [5.41, 5.74) is 0.312. The van der Waals surface area contributed by atoms with Crippen LogP contribution >= 0.6 is 0 Å². The third kappa shape index (κ3) is 3.97. The van der Waals surface area contributed by atoms with Crippen molar-refractivity contribution in [3.63, 3.8) is 0 Å². The molecule has 0 bridgehead atoms. The average Bonchev–Trinajstić information content (AvgIpc) is 2.60. The van der Waals surface area contributed by atoms with Gasteiger partial charge in [0.15, 0.2) is 6.10 Å². The fourth-order valence-corrected chi connectivity index (χ4v) is 3.12. The van der Waals surface area contributed by atoms with Gasteiger partial charge in [0.05, 0.1) is 12.7 Å². The molecule has 0 saturated carbocycles. The van der Waals surface area contributed by atoms with Crippen molar-refractivity contribution in [2.45, 2.75) is 80.4 Å². The van der Waals surface area contributed by atoms with Crippen LogP contribution in [-0.2, 0) is 14.3 Å². The van der Waals surface area contributed by atoms with Gasteiger partial charge in [-0.3, -0.25) is 0 Å². The monoisotopic (exact) mass is 284 g/mol. The normalized spacial score (nSPS) is 25.2. The molecule has 1 saturated heterocycles. The first-order valence-corrected chi connectivity index (χ1v) is 7.69. The second-order valence-electron chi connectivity index (χ2n) is 8.63. The van der Waals surface area contributed by atoms with E-state index >= 15 is 0 Å². The molecule has 0 N–H and O–H groups in total. The zero-order valence-electron chi connectivity index (χ0n) is 14.5. The highest BCUT2D eigenvalue weighted by atomic mass is 16.6. The second kappa shape index (κ2) is 5.67. The molecule has 0 aromatic carbocycles. The van der Waals surface area contributed by atoms with Gasteiger partial charge in [0.25, 0.3) is 0 Å². The molecule has 3 nitrogen and oxygen atoms in total. The van der Waals surface area contributed by atoms with E-state index in [0.717, 1.165) is 6.42 Å². The number of ether oxygens (including phenoxy) is 2. The Morgan fingerprint density at radius 2 is 1.75 bits per heavy atom. The first-order valence-electron chi connectivity index (χ1n) is 7.69. The SMILES string of the molecule is CC(OC1CCOC1=O)C(C)(CC(C)(C)C)C(C)(C)C. The first-order chi connectivity index (χ1) is 8.87. The van der Waals surface area contributed by atoms with E-state index in [9.17, 15) is 4.79 Å². The number of hydrogen-bond donors (Lipinski definition) is 0. The molecule has 3 heteroatoms. The van der Waals surface area contributed by atoms with Gasteiger partial charge in [-0.25, -0.2) is 4.79 Å².